The van der Waals surface area contributed by atoms with Crippen LogP contribution in [-0.2, 0) is 0 Å². The van der Waals surface area contributed by atoms with E-state index in [1.807, 2.05) is 6.08 Å². The molecule has 100 valence electrons. The van der Waals surface area contributed by atoms with Gasteiger partial charge in [-0.1, -0.05) is 32.8 Å². The van der Waals surface area contributed by atoms with Crippen molar-refractivity contribution in [3.8, 4) is 5.75 Å². The van der Waals surface area contributed by atoms with Crippen LogP contribution >= 0.6 is 0 Å². The number of aromatic nitrogens is 1. The van der Waals surface area contributed by atoms with E-state index in [1.165, 1.54) is 12.7 Å². The fourth-order valence-corrected chi connectivity index (χ4v) is 1.81. The van der Waals surface area contributed by atoms with Gasteiger partial charge < -0.3 is 15.5 Å². The van der Waals surface area contributed by atoms with Crippen molar-refractivity contribution in [2.24, 2.45) is 5.92 Å². The summed E-state index contributed by atoms with van der Waals surface area (Å²) in [5, 5.41) is 0. The molecule has 0 aliphatic heterocycles. The Labute approximate surface area is 108 Å². The molecule has 1 rings (SSSR count). The number of nitrogens with two attached hydrogens (primary N) is 1. The lowest BCUT2D eigenvalue weighted by atomic mass is 9.97. The van der Waals surface area contributed by atoms with Gasteiger partial charge in [0.15, 0.2) is 5.75 Å². The molecule has 1 aromatic heterocycles. The summed E-state index contributed by atoms with van der Waals surface area (Å²) in [6.45, 7) is 6.41. The van der Waals surface area contributed by atoms with E-state index in [9.17, 15) is 4.79 Å². The summed E-state index contributed by atoms with van der Waals surface area (Å²) in [5.41, 5.74) is 8.14. The summed E-state index contributed by atoms with van der Waals surface area (Å²) in [5.74, 6) is 0.682. The van der Waals surface area contributed by atoms with Gasteiger partial charge in [-0.15, -0.1) is 0 Å². The van der Waals surface area contributed by atoms with Gasteiger partial charge in [-0.25, -0.2) is 0 Å². The summed E-state index contributed by atoms with van der Waals surface area (Å²) < 4.78 is 4.94. The number of methoxy groups -OCH3 is 1. The van der Waals surface area contributed by atoms with E-state index in [2.05, 4.69) is 25.8 Å². The quantitative estimate of drug-likeness (QED) is 0.844. The van der Waals surface area contributed by atoms with Crippen LogP contribution in [0.25, 0.3) is 6.08 Å². The molecule has 0 saturated carbocycles. The minimum absolute atomic E-state index is 0.242. The number of anilines is 1. The largest absolute Gasteiger partial charge is 0.491 e. The van der Waals surface area contributed by atoms with Crippen LogP contribution in [0.15, 0.2) is 16.4 Å². The molecule has 0 aliphatic carbocycles. The molecule has 4 heteroatoms. The number of nitrogen functional groups attached to an aromatic ring is 1. The first-order valence-corrected chi connectivity index (χ1v) is 6.26. The Kier molecular flexibility index (Phi) is 5.01. The van der Waals surface area contributed by atoms with E-state index in [0.29, 0.717) is 17.3 Å². The number of H-pyrrole nitrogens is 1. The Balaban J connectivity index is 3.20. The molecular formula is C14H22N2O2. The summed E-state index contributed by atoms with van der Waals surface area (Å²) >= 11 is 0. The van der Waals surface area contributed by atoms with Crippen molar-refractivity contribution in [2.75, 3.05) is 12.8 Å². The van der Waals surface area contributed by atoms with E-state index >= 15 is 0 Å². The van der Waals surface area contributed by atoms with Crippen molar-refractivity contribution < 1.29 is 4.74 Å². The first-order chi connectivity index (χ1) is 8.49. The Bertz CT molecular complexity index is 487. The molecule has 0 saturated heterocycles. The number of nitrogens with one attached hydrogen (secondary N) is 1. The molecule has 0 radical (unpaired) electrons. The maximum Gasteiger partial charge on any atom is 0.290 e. The zero-order chi connectivity index (χ0) is 13.7. The third kappa shape index (κ3) is 3.39. The van der Waals surface area contributed by atoms with Crippen LogP contribution in [0, 0.1) is 5.92 Å². The molecule has 1 heterocycles. The second kappa shape index (κ2) is 6.28. The van der Waals surface area contributed by atoms with Gasteiger partial charge in [-0.2, -0.15) is 0 Å². The number of pyridine rings is 1. The van der Waals surface area contributed by atoms with Gasteiger partial charge in [-0.3, -0.25) is 4.79 Å². The SMILES string of the molecule is CCC/C(=C\c1[nH]c(=O)c(OC)cc1N)C(C)C. The molecule has 0 fully saturated rings. The lowest BCUT2D eigenvalue weighted by Gasteiger charge is -2.11. The van der Waals surface area contributed by atoms with Gasteiger partial charge in [-0.05, 0) is 18.4 Å². The first kappa shape index (κ1) is 14.4. The molecule has 18 heavy (non-hydrogen) atoms. The lowest BCUT2D eigenvalue weighted by Crippen LogP contribution is -2.12. The fraction of sp³-hybridized carbons (Fsp3) is 0.500. The van der Waals surface area contributed by atoms with Crippen molar-refractivity contribution in [2.45, 2.75) is 33.6 Å². The van der Waals surface area contributed by atoms with E-state index < -0.39 is 0 Å². The predicted molar refractivity (Wildman–Crippen MR) is 75.8 cm³/mol. The topological polar surface area (TPSA) is 68.1 Å². The molecule has 0 atom stereocenters. The number of allylic oxidation sites excluding steroid dienone is 1. The highest BCUT2D eigenvalue weighted by atomic mass is 16.5. The van der Waals surface area contributed by atoms with Crippen molar-refractivity contribution in [1.82, 2.24) is 4.98 Å². The Hall–Kier alpha value is -1.71. The molecule has 0 aromatic carbocycles. The Morgan fingerprint density at radius 3 is 2.72 bits per heavy atom. The summed E-state index contributed by atoms with van der Waals surface area (Å²) in [6.07, 6.45) is 4.06. The van der Waals surface area contributed by atoms with Crippen LogP contribution in [0.4, 0.5) is 5.69 Å². The fourth-order valence-electron chi connectivity index (χ4n) is 1.81. The van der Waals surface area contributed by atoms with Gasteiger partial charge in [0.1, 0.15) is 0 Å². The minimum Gasteiger partial charge on any atom is -0.491 e. The highest BCUT2D eigenvalue weighted by Gasteiger charge is 2.07. The average molecular weight is 250 g/mol. The van der Waals surface area contributed by atoms with Crippen LogP contribution in [0.1, 0.15) is 39.3 Å². The van der Waals surface area contributed by atoms with Crippen LogP contribution < -0.4 is 16.0 Å². The second-order valence-electron chi connectivity index (χ2n) is 4.66. The van der Waals surface area contributed by atoms with Crippen molar-refractivity contribution in [3.05, 3.63) is 27.7 Å². The molecule has 3 N–H and O–H groups in total. The normalized spacial score (nSPS) is 11.9. The van der Waals surface area contributed by atoms with E-state index in [4.69, 9.17) is 10.5 Å². The summed E-state index contributed by atoms with van der Waals surface area (Å²) in [7, 11) is 1.45. The van der Waals surface area contributed by atoms with Gasteiger partial charge in [0.25, 0.3) is 5.56 Å². The lowest BCUT2D eigenvalue weighted by molar-refractivity contribution is 0.408. The summed E-state index contributed by atoms with van der Waals surface area (Å²) in [4.78, 5) is 14.4. The average Bonchev–Trinajstić information content (AvgIpc) is 2.32. The first-order valence-electron chi connectivity index (χ1n) is 6.26. The number of aromatic amines is 1. The van der Waals surface area contributed by atoms with Crippen molar-refractivity contribution in [1.29, 1.82) is 0 Å². The van der Waals surface area contributed by atoms with Crippen LogP contribution in [0.3, 0.4) is 0 Å². The number of hydrogen-bond acceptors (Lipinski definition) is 3. The van der Waals surface area contributed by atoms with Crippen LogP contribution in [0.2, 0.25) is 0 Å². The highest BCUT2D eigenvalue weighted by Crippen LogP contribution is 2.22. The molecule has 0 aliphatic rings. The third-order valence-corrected chi connectivity index (χ3v) is 2.90. The van der Waals surface area contributed by atoms with E-state index in [1.54, 1.807) is 6.07 Å². The van der Waals surface area contributed by atoms with Gasteiger partial charge >= 0.3 is 0 Å². The van der Waals surface area contributed by atoms with Crippen molar-refractivity contribution >= 4 is 11.8 Å². The minimum atomic E-state index is -0.252. The maximum atomic E-state index is 11.7. The number of ether oxygens (including phenoxy) is 1. The monoisotopic (exact) mass is 250 g/mol. The smallest absolute Gasteiger partial charge is 0.290 e. The van der Waals surface area contributed by atoms with Crippen LogP contribution in [0.5, 0.6) is 5.75 Å². The second-order valence-corrected chi connectivity index (χ2v) is 4.66. The Morgan fingerprint density at radius 2 is 2.22 bits per heavy atom. The van der Waals surface area contributed by atoms with Crippen LogP contribution in [-0.4, -0.2) is 12.1 Å². The van der Waals surface area contributed by atoms with E-state index in [0.717, 1.165) is 12.8 Å². The molecule has 4 nitrogen and oxygen atoms in total. The molecule has 0 bridgehead atoms. The highest BCUT2D eigenvalue weighted by molar-refractivity contribution is 5.64. The Morgan fingerprint density at radius 1 is 1.56 bits per heavy atom. The molecular weight excluding hydrogens is 228 g/mol. The standard InChI is InChI=1S/C14H22N2O2/c1-5-6-10(9(2)3)7-12-11(15)8-13(18-4)14(17)16-12/h7-9H,5-6,15H2,1-4H3,(H,16,17)/b10-7+. The third-order valence-electron chi connectivity index (χ3n) is 2.90. The zero-order valence-corrected chi connectivity index (χ0v) is 11.5. The molecule has 0 amide bonds. The number of rotatable bonds is 5. The number of hydrogen-bond donors (Lipinski definition) is 2. The van der Waals surface area contributed by atoms with Gasteiger partial charge in [0.05, 0.1) is 18.5 Å². The maximum absolute atomic E-state index is 11.7. The van der Waals surface area contributed by atoms with Gasteiger partial charge in [0, 0.05) is 6.07 Å². The molecule has 0 unspecified atom stereocenters. The molecule has 0 spiro atoms. The predicted octanol–water partition coefficient (Wildman–Crippen LogP) is 2.81. The van der Waals surface area contributed by atoms with E-state index in [-0.39, 0.29) is 11.3 Å². The van der Waals surface area contributed by atoms with Crippen molar-refractivity contribution in [3.63, 3.8) is 0 Å². The zero-order valence-electron chi connectivity index (χ0n) is 11.5. The summed E-state index contributed by atoms with van der Waals surface area (Å²) in [6, 6.07) is 1.56. The molecule has 1 aromatic rings. The van der Waals surface area contributed by atoms with Gasteiger partial charge in [0.2, 0.25) is 0 Å².